The quantitative estimate of drug-likeness (QED) is 0.769. The summed E-state index contributed by atoms with van der Waals surface area (Å²) in [6, 6.07) is 0.642. The van der Waals surface area contributed by atoms with E-state index in [1.54, 1.807) is 0 Å². The van der Waals surface area contributed by atoms with E-state index < -0.39 is 0 Å². The minimum Gasteiger partial charge on any atom is -0.309 e. The van der Waals surface area contributed by atoms with Crippen LogP contribution < -0.4 is 5.32 Å². The molecule has 0 saturated heterocycles. The Morgan fingerprint density at radius 3 is 2.53 bits per heavy atom. The summed E-state index contributed by atoms with van der Waals surface area (Å²) in [5, 5.41) is 4.15. The molecule has 0 aliphatic heterocycles. The molecular formula is C12H21Cl2N. The van der Waals surface area contributed by atoms with Crippen molar-refractivity contribution < 1.29 is 0 Å². The molecule has 0 aromatic rings. The molecule has 1 aliphatic rings. The predicted octanol–water partition coefficient (Wildman–Crippen LogP) is 4.25. The van der Waals surface area contributed by atoms with Crippen molar-refractivity contribution in [2.75, 3.05) is 6.54 Å². The number of hydrogen-bond acceptors (Lipinski definition) is 1. The van der Waals surface area contributed by atoms with Gasteiger partial charge in [-0.25, -0.2) is 0 Å². The molecule has 0 bridgehead atoms. The minimum absolute atomic E-state index is 0.642. The molecular weight excluding hydrogens is 229 g/mol. The Bertz CT molecular complexity index is 196. The van der Waals surface area contributed by atoms with Crippen LogP contribution in [0.4, 0.5) is 0 Å². The van der Waals surface area contributed by atoms with Gasteiger partial charge in [-0.2, -0.15) is 0 Å². The van der Waals surface area contributed by atoms with Gasteiger partial charge in [-0.1, -0.05) is 43.0 Å². The molecule has 1 saturated carbocycles. The SMILES string of the molecule is CCCC1CCC(NCC(Cl)=CCl)CC1. The molecule has 1 fully saturated rings. The molecule has 3 heteroatoms. The molecule has 88 valence electrons. The van der Waals surface area contributed by atoms with Crippen LogP contribution >= 0.6 is 23.2 Å². The molecule has 0 aromatic heterocycles. The normalized spacial score (nSPS) is 28.1. The van der Waals surface area contributed by atoms with Crippen molar-refractivity contribution in [2.45, 2.75) is 51.5 Å². The number of hydrogen-bond donors (Lipinski definition) is 1. The predicted molar refractivity (Wildman–Crippen MR) is 68.4 cm³/mol. The van der Waals surface area contributed by atoms with Crippen LogP contribution in [-0.2, 0) is 0 Å². The van der Waals surface area contributed by atoms with E-state index in [1.165, 1.54) is 44.1 Å². The molecule has 1 rings (SSSR count). The zero-order valence-corrected chi connectivity index (χ0v) is 10.9. The van der Waals surface area contributed by atoms with Gasteiger partial charge in [0.05, 0.1) is 0 Å². The lowest BCUT2D eigenvalue weighted by molar-refractivity contribution is 0.283. The van der Waals surface area contributed by atoms with E-state index >= 15 is 0 Å². The van der Waals surface area contributed by atoms with Gasteiger partial charge in [-0.3, -0.25) is 0 Å². The molecule has 1 nitrogen and oxygen atoms in total. The Labute approximate surface area is 103 Å². The lowest BCUT2D eigenvalue weighted by Crippen LogP contribution is -2.33. The first-order valence-electron chi connectivity index (χ1n) is 5.94. The number of rotatable bonds is 5. The van der Waals surface area contributed by atoms with Gasteiger partial charge in [0.25, 0.3) is 0 Å². The molecule has 0 amide bonds. The molecule has 0 radical (unpaired) electrons. The average Bonchev–Trinajstić information content (AvgIpc) is 2.28. The van der Waals surface area contributed by atoms with Crippen LogP contribution in [0.3, 0.4) is 0 Å². The minimum atomic E-state index is 0.642. The van der Waals surface area contributed by atoms with Gasteiger partial charge in [-0.15, -0.1) is 0 Å². The van der Waals surface area contributed by atoms with Crippen molar-refractivity contribution in [2.24, 2.45) is 5.92 Å². The first kappa shape index (κ1) is 13.3. The molecule has 0 atom stereocenters. The number of nitrogens with one attached hydrogen (secondary N) is 1. The Balaban J connectivity index is 2.14. The zero-order chi connectivity index (χ0) is 11.1. The second-order valence-corrected chi connectivity index (χ2v) is 5.15. The fourth-order valence-electron chi connectivity index (χ4n) is 2.34. The van der Waals surface area contributed by atoms with E-state index in [2.05, 4.69) is 12.2 Å². The standard InChI is InChI=1S/C12H21Cl2N/c1-2-3-10-4-6-12(7-5-10)15-9-11(14)8-13/h8,10,12,15H,2-7,9H2,1H3. The maximum atomic E-state index is 5.83. The maximum absolute atomic E-state index is 5.83. The Kier molecular flexibility index (Phi) is 6.71. The van der Waals surface area contributed by atoms with E-state index in [0.717, 1.165) is 5.92 Å². The second kappa shape index (κ2) is 7.54. The third-order valence-corrected chi connectivity index (χ3v) is 3.84. The summed E-state index contributed by atoms with van der Waals surface area (Å²) in [5.74, 6) is 0.965. The molecule has 0 heterocycles. The summed E-state index contributed by atoms with van der Waals surface area (Å²) in [6.45, 7) is 2.99. The fraction of sp³-hybridized carbons (Fsp3) is 0.833. The smallest absolute Gasteiger partial charge is 0.0431 e. The van der Waals surface area contributed by atoms with Crippen LogP contribution in [0, 0.1) is 5.92 Å². The molecule has 1 aliphatic carbocycles. The Morgan fingerprint density at radius 1 is 1.33 bits per heavy atom. The molecule has 0 unspecified atom stereocenters. The highest BCUT2D eigenvalue weighted by atomic mass is 35.5. The molecule has 1 N–H and O–H groups in total. The first-order chi connectivity index (χ1) is 7.26. The Hall–Kier alpha value is 0.280. The zero-order valence-electron chi connectivity index (χ0n) is 9.44. The van der Waals surface area contributed by atoms with E-state index in [9.17, 15) is 0 Å². The van der Waals surface area contributed by atoms with Gasteiger partial charge in [0, 0.05) is 23.2 Å². The van der Waals surface area contributed by atoms with Gasteiger partial charge in [0.1, 0.15) is 0 Å². The van der Waals surface area contributed by atoms with Gasteiger partial charge < -0.3 is 5.32 Å². The largest absolute Gasteiger partial charge is 0.309 e. The Morgan fingerprint density at radius 2 is 2.00 bits per heavy atom. The van der Waals surface area contributed by atoms with Crippen molar-refractivity contribution in [1.82, 2.24) is 5.32 Å². The lowest BCUT2D eigenvalue weighted by atomic mass is 9.83. The highest BCUT2D eigenvalue weighted by molar-refractivity contribution is 6.36. The van der Waals surface area contributed by atoms with Crippen molar-refractivity contribution in [3.63, 3.8) is 0 Å². The first-order valence-corrected chi connectivity index (χ1v) is 6.75. The van der Waals surface area contributed by atoms with E-state index in [4.69, 9.17) is 23.2 Å². The molecule has 0 aromatic carbocycles. The van der Waals surface area contributed by atoms with Gasteiger partial charge in [-0.05, 0) is 31.6 Å². The van der Waals surface area contributed by atoms with E-state index in [1.807, 2.05) is 0 Å². The van der Waals surface area contributed by atoms with Crippen LogP contribution in [0.2, 0.25) is 0 Å². The highest BCUT2D eigenvalue weighted by Crippen LogP contribution is 2.27. The van der Waals surface area contributed by atoms with Crippen LogP contribution in [0.5, 0.6) is 0 Å². The van der Waals surface area contributed by atoms with Crippen molar-refractivity contribution in [3.05, 3.63) is 10.6 Å². The van der Waals surface area contributed by atoms with Crippen LogP contribution in [0.1, 0.15) is 45.4 Å². The van der Waals surface area contributed by atoms with Crippen molar-refractivity contribution >= 4 is 23.2 Å². The van der Waals surface area contributed by atoms with Crippen LogP contribution in [0.25, 0.3) is 0 Å². The van der Waals surface area contributed by atoms with Crippen LogP contribution in [0.15, 0.2) is 10.6 Å². The summed E-state index contributed by atoms with van der Waals surface area (Å²) in [7, 11) is 0. The second-order valence-electron chi connectivity index (χ2n) is 4.44. The van der Waals surface area contributed by atoms with E-state index in [-0.39, 0.29) is 0 Å². The highest BCUT2D eigenvalue weighted by Gasteiger charge is 2.19. The summed E-state index contributed by atoms with van der Waals surface area (Å²) in [5.41, 5.74) is 1.44. The van der Waals surface area contributed by atoms with Gasteiger partial charge in [0.15, 0.2) is 0 Å². The summed E-state index contributed by atoms with van der Waals surface area (Å²) >= 11 is 11.3. The van der Waals surface area contributed by atoms with Gasteiger partial charge >= 0.3 is 0 Å². The topological polar surface area (TPSA) is 12.0 Å². The summed E-state index contributed by atoms with van der Waals surface area (Å²) in [4.78, 5) is 0. The maximum Gasteiger partial charge on any atom is 0.0431 e. The van der Waals surface area contributed by atoms with Crippen molar-refractivity contribution in [3.8, 4) is 0 Å². The lowest BCUT2D eigenvalue weighted by Gasteiger charge is -2.29. The summed E-state index contributed by atoms with van der Waals surface area (Å²) < 4.78 is 0. The molecule has 0 spiro atoms. The molecule has 15 heavy (non-hydrogen) atoms. The van der Waals surface area contributed by atoms with Crippen molar-refractivity contribution in [1.29, 1.82) is 0 Å². The average molecular weight is 250 g/mol. The third kappa shape index (κ3) is 5.24. The third-order valence-electron chi connectivity index (χ3n) is 3.22. The van der Waals surface area contributed by atoms with Crippen LogP contribution in [-0.4, -0.2) is 12.6 Å². The van der Waals surface area contributed by atoms with E-state index in [0.29, 0.717) is 17.6 Å². The van der Waals surface area contributed by atoms with Gasteiger partial charge in [0.2, 0.25) is 0 Å². The summed E-state index contributed by atoms with van der Waals surface area (Å²) in [6.07, 6.45) is 8.04. The number of halogens is 2. The fourth-order valence-corrected chi connectivity index (χ4v) is 2.50. The monoisotopic (exact) mass is 249 g/mol.